The molecule has 28 heavy (non-hydrogen) atoms. The highest BCUT2D eigenvalue weighted by Crippen LogP contribution is 2.39. The summed E-state index contributed by atoms with van der Waals surface area (Å²) in [7, 11) is 0. The van der Waals surface area contributed by atoms with Crippen LogP contribution in [0.25, 0.3) is 11.1 Å². The van der Waals surface area contributed by atoms with Crippen LogP contribution in [0.3, 0.4) is 0 Å². The maximum absolute atomic E-state index is 13.2. The predicted molar refractivity (Wildman–Crippen MR) is 105 cm³/mol. The van der Waals surface area contributed by atoms with E-state index in [9.17, 15) is 13.2 Å². The molecule has 1 fully saturated rings. The van der Waals surface area contributed by atoms with Crippen LogP contribution in [-0.2, 0) is 6.18 Å². The van der Waals surface area contributed by atoms with Crippen LogP contribution in [0.1, 0.15) is 18.4 Å². The second-order valence-electron chi connectivity index (χ2n) is 6.87. The lowest BCUT2D eigenvalue weighted by Gasteiger charge is -2.22. The summed E-state index contributed by atoms with van der Waals surface area (Å²) in [5, 5.41) is 0. The Morgan fingerprint density at radius 3 is 2.04 bits per heavy atom. The first-order valence-corrected chi connectivity index (χ1v) is 9.30. The van der Waals surface area contributed by atoms with Gasteiger partial charge in [0.2, 0.25) is 0 Å². The summed E-state index contributed by atoms with van der Waals surface area (Å²) in [6, 6.07) is 21.2. The van der Waals surface area contributed by atoms with Crippen LogP contribution in [0.5, 0.6) is 11.5 Å². The Balaban J connectivity index is 1.62. The van der Waals surface area contributed by atoms with Gasteiger partial charge in [0.05, 0.1) is 11.3 Å². The van der Waals surface area contributed by atoms with E-state index in [0.29, 0.717) is 17.2 Å². The second kappa shape index (κ2) is 7.58. The van der Waals surface area contributed by atoms with Crippen molar-refractivity contribution >= 4 is 5.69 Å². The van der Waals surface area contributed by atoms with Crippen LogP contribution in [0, 0.1) is 0 Å². The molecule has 1 aliphatic heterocycles. The third-order valence-electron chi connectivity index (χ3n) is 4.92. The van der Waals surface area contributed by atoms with Crippen molar-refractivity contribution in [3.63, 3.8) is 0 Å². The molecule has 0 aliphatic carbocycles. The fraction of sp³-hybridized carbons (Fsp3) is 0.217. The average molecular weight is 383 g/mol. The fourth-order valence-electron chi connectivity index (χ4n) is 3.46. The van der Waals surface area contributed by atoms with Gasteiger partial charge in [0.25, 0.3) is 0 Å². The summed E-state index contributed by atoms with van der Waals surface area (Å²) < 4.78 is 45.5. The van der Waals surface area contributed by atoms with Crippen LogP contribution in [-0.4, -0.2) is 13.1 Å². The van der Waals surface area contributed by atoms with Gasteiger partial charge in [0, 0.05) is 13.1 Å². The summed E-state index contributed by atoms with van der Waals surface area (Å²) in [6.45, 7) is 1.48. The summed E-state index contributed by atoms with van der Waals surface area (Å²) >= 11 is 0. The molecule has 0 atom stereocenters. The van der Waals surface area contributed by atoms with Crippen LogP contribution in [0.4, 0.5) is 18.9 Å². The molecule has 3 aromatic carbocycles. The van der Waals surface area contributed by atoms with Gasteiger partial charge < -0.3 is 9.64 Å². The van der Waals surface area contributed by atoms with E-state index in [1.54, 1.807) is 0 Å². The molecule has 0 aromatic heterocycles. The van der Waals surface area contributed by atoms with E-state index in [4.69, 9.17) is 4.74 Å². The molecule has 0 bridgehead atoms. The van der Waals surface area contributed by atoms with Crippen molar-refractivity contribution in [2.24, 2.45) is 0 Å². The number of rotatable bonds is 4. The zero-order chi connectivity index (χ0) is 19.6. The summed E-state index contributed by atoms with van der Waals surface area (Å²) in [5.41, 5.74) is 2.00. The topological polar surface area (TPSA) is 12.5 Å². The Labute approximate surface area is 162 Å². The summed E-state index contributed by atoms with van der Waals surface area (Å²) in [6.07, 6.45) is -2.42. The molecule has 0 N–H and O–H groups in total. The first-order valence-electron chi connectivity index (χ1n) is 9.30. The number of hydrogen-bond acceptors (Lipinski definition) is 2. The standard InChI is InChI=1S/C23H20F3NO/c24-23(25,26)19-10-13-22(21(16-19)27-14-4-5-15-27)28-20-11-8-18(9-12-20)17-6-2-1-3-7-17/h1-3,6-13,16H,4-5,14-15H2. The van der Waals surface area contributed by atoms with Crippen molar-refractivity contribution < 1.29 is 17.9 Å². The van der Waals surface area contributed by atoms with E-state index in [1.807, 2.05) is 59.5 Å². The highest BCUT2D eigenvalue weighted by molar-refractivity contribution is 5.65. The fourth-order valence-corrected chi connectivity index (χ4v) is 3.46. The molecule has 1 heterocycles. The normalized spacial score (nSPS) is 14.3. The lowest BCUT2D eigenvalue weighted by Crippen LogP contribution is -2.19. The molecule has 5 heteroatoms. The lowest BCUT2D eigenvalue weighted by molar-refractivity contribution is -0.137. The van der Waals surface area contributed by atoms with Crippen molar-refractivity contribution in [2.45, 2.75) is 19.0 Å². The van der Waals surface area contributed by atoms with Gasteiger partial charge in [-0.15, -0.1) is 0 Å². The number of hydrogen-bond donors (Lipinski definition) is 0. The molecule has 3 aromatic rings. The third kappa shape index (κ3) is 3.98. The number of benzene rings is 3. The van der Waals surface area contributed by atoms with E-state index in [-0.39, 0.29) is 0 Å². The minimum atomic E-state index is -4.37. The van der Waals surface area contributed by atoms with Gasteiger partial charge in [-0.3, -0.25) is 0 Å². The molecule has 1 aliphatic rings. The average Bonchev–Trinajstić information content (AvgIpc) is 3.23. The molecule has 4 rings (SSSR count). The van der Waals surface area contributed by atoms with Gasteiger partial charge in [-0.25, -0.2) is 0 Å². The van der Waals surface area contributed by atoms with Gasteiger partial charge in [-0.05, 0) is 54.3 Å². The largest absolute Gasteiger partial charge is 0.455 e. The van der Waals surface area contributed by atoms with Crippen molar-refractivity contribution in [1.82, 2.24) is 0 Å². The Kier molecular flexibility index (Phi) is 4.99. The SMILES string of the molecule is FC(F)(F)c1ccc(Oc2ccc(-c3ccccc3)cc2)c(N2CCCC2)c1. The van der Waals surface area contributed by atoms with Crippen LogP contribution in [0.2, 0.25) is 0 Å². The Bertz CT molecular complexity index is 930. The molecular weight excluding hydrogens is 363 g/mol. The Hall–Kier alpha value is -2.95. The highest BCUT2D eigenvalue weighted by Gasteiger charge is 2.32. The Morgan fingerprint density at radius 2 is 1.39 bits per heavy atom. The maximum Gasteiger partial charge on any atom is 0.416 e. The number of anilines is 1. The smallest absolute Gasteiger partial charge is 0.416 e. The van der Waals surface area contributed by atoms with E-state index in [1.165, 1.54) is 12.1 Å². The minimum Gasteiger partial charge on any atom is -0.455 e. The molecule has 0 unspecified atom stereocenters. The van der Waals surface area contributed by atoms with Crippen molar-refractivity contribution in [2.75, 3.05) is 18.0 Å². The van der Waals surface area contributed by atoms with Crippen molar-refractivity contribution in [3.8, 4) is 22.6 Å². The number of halogens is 3. The van der Waals surface area contributed by atoms with Gasteiger partial charge in [-0.2, -0.15) is 13.2 Å². The van der Waals surface area contributed by atoms with Crippen LogP contribution >= 0.6 is 0 Å². The summed E-state index contributed by atoms with van der Waals surface area (Å²) in [4.78, 5) is 1.96. The minimum absolute atomic E-state index is 0.447. The predicted octanol–water partition coefficient (Wildman–Crippen LogP) is 6.76. The van der Waals surface area contributed by atoms with Gasteiger partial charge in [-0.1, -0.05) is 42.5 Å². The first-order chi connectivity index (χ1) is 13.5. The molecule has 2 nitrogen and oxygen atoms in total. The van der Waals surface area contributed by atoms with Gasteiger partial charge in [0.1, 0.15) is 5.75 Å². The molecule has 0 amide bonds. The maximum atomic E-state index is 13.2. The Morgan fingerprint density at radius 1 is 0.750 bits per heavy atom. The second-order valence-corrected chi connectivity index (χ2v) is 6.87. The quantitative estimate of drug-likeness (QED) is 0.493. The van der Waals surface area contributed by atoms with Gasteiger partial charge >= 0.3 is 6.18 Å². The number of nitrogens with zero attached hydrogens (tertiary/aromatic N) is 1. The molecular formula is C23H20F3NO. The number of ether oxygens (including phenoxy) is 1. The zero-order valence-electron chi connectivity index (χ0n) is 15.2. The molecule has 0 saturated carbocycles. The van der Waals surface area contributed by atoms with Crippen LogP contribution in [0.15, 0.2) is 72.8 Å². The number of alkyl halides is 3. The van der Waals surface area contributed by atoms with Crippen molar-refractivity contribution in [1.29, 1.82) is 0 Å². The zero-order valence-corrected chi connectivity index (χ0v) is 15.2. The summed E-state index contributed by atoms with van der Waals surface area (Å²) in [5.74, 6) is 1.04. The molecule has 0 spiro atoms. The van der Waals surface area contributed by atoms with E-state index in [2.05, 4.69) is 0 Å². The van der Waals surface area contributed by atoms with Gasteiger partial charge in [0.15, 0.2) is 5.75 Å². The lowest BCUT2D eigenvalue weighted by atomic mass is 10.1. The van der Waals surface area contributed by atoms with E-state index >= 15 is 0 Å². The van der Waals surface area contributed by atoms with Crippen LogP contribution < -0.4 is 9.64 Å². The first kappa shape index (κ1) is 18.4. The molecule has 1 saturated heterocycles. The molecule has 144 valence electrons. The highest BCUT2D eigenvalue weighted by atomic mass is 19.4. The van der Waals surface area contributed by atoms with E-state index in [0.717, 1.165) is 43.1 Å². The van der Waals surface area contributed by atoms with Crippen molar-refractivity contribution in [3.05, 3.63) is 78.4 Å². The van der Waals surface area contributed by atoms with E-state index < -0.39 is 11.7 Å². The third-order valence-corrected chi connectivity index (χ3v) is 4.92. The molecule has 0 radical (unpaired) electrons. The monoisotopic (exact) mass is 383 g/mol.